The first-order chi connectivity index (χ1) is 9.10. The second-order valence-corrected chi connectivity index (χ2v) is 3.81. The van der Waals surface area contributed by atoms with Crippen molar-refractivity contribution >= 4 is 11.5 Å². The number of nitrogens with zero attached hydrogens (tertiary/aromatic N) is 3. The number of benzene rings is 1. The van der Waals surface area contributed by atoms with Gasteiger partial charge in [0.15, 0.2) is 0 Å². The van der Waals surface area contributed by atoms with Gasteiger partial charge in [-0.15, -0.1) is 10.2 Å². The van der Waals surface area contributed by atoms with Crippen molar-refractivity contribution in [1.82, 2.24) is 10.2 Å². The van der Waals surface area contributed by atoms with Crippen molar-refractivity contribution in [1.29, 1.82) is 0 Å². The molecule has 98 valence electrons. The van der Waals surface area contributed by atoms with E-state index < -0.39 is 4.92 Å². The lowest BCUT2D eigenvalue weighted by molar-refractivity contribution is -0.385. The Balaban J connectivity index is 2.33. The number of nitrogen functional groups attached to an aromatic ring is 1. The molecule has 2 rings (SSSR count). The Morgan fingerprint density at radius 2 is 2.11 bits per heavy atom. The minimum absolute atomic E-state index is 0.0991. The fourth-order valence-corrected chi connectivity index (χ4v) is 1.51. The van der Waals surface area contributed by atoms with Gasteiger partial charge in [0.25, 0.3) is 0 Å². The topological polar surface area (TPSA) is 104 Å². The van der Waals surface area contributed by atoms with Crippen LogP contribution >= 0.6 is 0 Å². The normalized spacial score (nSPS) is 10.2. The highest BCUT2D eigenvalue weighted by Gasteiger charge is 2.16. The third-order valence-electron chi connectivity index (χ3n) is 2.50. The van der Waals surface area contributed by atoms with Crippen molar-refractivity contribution in [3.63, 3.8) is 0 Å². The highest BCUT2D eigenvalue weighted by atomic mass is 16.6. The summed E-state index contributed by atoms with van der Waals surface area (Å²) < 4.78 is 5.35. The molecule has 0 unspecified atom stereocenters. The molecule has 0 saturated heterocycles. The molecule has 7 heteroatoms. The standard InChI is InChI=1S/C12H12N4O3/c1-2-8-3-4-10(9(7-8)16(17)18)19-12-6-5-11(13)14-15-12/h3-7H,2H2,1H3,(H2,13,14). The Kier molecular flexibility index (Phi) is 3.56. The second-order valence-electron chi connectivity index (χ2n) is 3.81. The summed E-state index contributed by atoms with van der Waals surface area (Å²) in [6.45, 7) is 1.92. The van der Waals surface area contributed by atoms with Gasteiger partial charge in [-0.2, -0.15) is 0 Å². The van der Waals surface area contributed by atoms with Crippen LogP contribution in [-0.4, -0.2) is 15.1 Å². The summed E-state index contributed by atoms with van der Waals surface area (Å²) in [4.78, 5) is 10.5. The third-order valence-corrected chi connectivity index (χ3v) is 2.50. The van der Waals surface area contributed by atoms with Crippen LogP contribution in [-0.2, 0) is 6.42 Å². The molecular formula is C12H12N4O3. The smallest absolute Gasteiger partial charge is 0.311 e. The van der Waals surface area contributed by atoms with Crippen molar-refractivity contribution in [2.24, 2.45) is 0 Å². The first-order valence-corrected chi connectivity index (χ1v) is 5.64. The van der Waals surface area contributed by atoms with Crippen molar-refractivity contribution < 1.29 is 9.66 Å². The lowest BCUT2D eigenvalue weighted by Gasteiger charge is -2.06. The molecule has 2 aromatic rings. The molecule has 1 heterocycles. The molecule has 1 aromatic heterocycles. The van der Waals surface area contributed by atoms with Crippen molar-refractivity contribution in [2.45, 2.75) is 13.3 Å². The zero-order chi connectivity index (χ0) is 13.8. The quantitative estimate of drug-likeness (QED) is 0.668. The van der Waals surface area contributed by atoms with Crippen LogP contribution in [0.1, 0.15) is 12.5 Å². The molecule has 0 amide bonds. The molecule has 0 aliphatic carbocycles. The molecule has 0 saturated carbocycles. The van der Waals surface area contributed by atoms with Crippen LogP contribution in [0, 0.1) is 10.1 Å². The lowest BCUT2D eigenvalue weighted by atomic mass is 10.1. The average Bonchev–Trinajstić information content (AvgIpc) is 2.41. The molecule has 0 aliphatic heterocycles. The van der Waals surface area contributed by atoms with E-state index in [1.807, 2.05) is 6.92 Å². The average molecular weight is 260 g/mol. The molecule has 7 nitrogen and oxygen atoms in total. The van der Waals surface area contributed by atoms with Gasteiger partial charge in [0.05, 0.1) is 4.92 Å². The summed E-state index contributed by atoms with van der Waals surface area (Å²) in [5, 5.41) is 18.3. The number of aryl methyl sites for hydroxylation is 1. The molecule has 0 bridgehead atoms. The molecule has 0 aliphatic rings. The Morgan fingerprint density at radius 1 is 1.32 bits per heavy atom. The molecule has 1 aromatic carbocycles. The molecule has 0 radical (unpaired) electrons. The van der Waals surface area contributed by atoms with E-state index in [1.165, 1.54) is 18.2 Å². The summed E-state index contributed by atoms with van der Waals surface area (Å²) >= 11 is 0. The van der Waals surface area contributed by atoms with Crippen LogP contribution in [0.3, 0.4) is 0 Å². The van der Waals surface area contributed by atoms with E-state index in [0.29, 0.717) is 6.42 Å². The maximum absolute atomic E-state index is 11.0. The van der Waals surface area contributed by atoms with Gasteiger partial charge in [0.1, 0.15) is 5.82 Å². The summed E-state index contributed by atoms with van der Waals surface area (Å²) in [5.41, 5.74) is 6.16. The fraction of sp³-hybridized carbons (Fsp3) is 0.167. The Morgan fingerprint density at radius 3 is 2.68 bits per heavy atom. The predicted molar refractivity (Wildman–Crippen MR) is 69.0 cm³/mol. The van der Waals surface area contributed by atoms with Gasteiger partial charge in [-0.3, -0.25) is 10.1 Å². The number of ether oxygens (including phenoxy) is 1. The number of aromatic nitrogens is 2. The Hall–Kier alpha value is -2.70. The Labute approximate surface area is 109 Å². The molecule has 19 heavy (non-hydrogen) atoms. The van der Waals surface area contributed by atoms with Crippen LogP contribution in [0.2, 0.25) is 0 Å². The van der Waals surface area contributed by atoms with Gasteiger partial charge in [-0.05, 0) is 24.1 Å². The molecular weight excluding hydrogens is 248 g/mol. The van der Waals surface area contributed by atoms with E-state index in [2.05, 4.69) is 10.2 Å². The zero-order valence-corrected chi connectivity index (χ0v) is 10.2. The number of hydrogen-bond donors (Lipinski definition) is 1. The first kappa shape index (κ1) is 12.7. The van der Waals surface area contributed by atoms with Crippen molar-refractivity contribution in [3.05, 3.63) is 46.0 Å². The zero-order valence-electron chi connectivity index (χ0n) is 10.2. The highest BCUT2D eigenvalue weighted by Crippen LogP contribution is 2.31. The minimum atomic E-state index is -0.487. The molecule has 0 fully saturated rings. The van der Waals surface area contributed by atoms with Gasteiger partial charge >= 0.3 is 5.69 Å². The van der Waals surface area contributed by atoms with Crippen LogP contribution in [0.5, 0.6) is 11.6 Å². The maximum Gasteiger partial charge on any atom is 0.311 e. The van der Waals surface area contributed by atoms with Gasteiger partial charge in [0.2, 0.25) is 11.6 Å². The predicted octanol–water partition coefficient (Wildman–Crippen LogP) is 2.32. The van der Waals surface area contributed by atoms with Gasteiger partial charge < -0.3 is 10.5 Å². The summed E-state index contributed by atoms with van der Waals surface area (Å²) in [6, 6.07) is 7.82. The van der Waals surface area contributed by atoms with Crippen LogP contribution in [0.15, 0.2) is 30.3 Å². The van der Waals surface area contributed by atoms with Gasteiger partial charge in [0, 0.05) is 12.1 Å². The SMILES string of the molecule is CCc1ccc(Oc2ccc(N)nn2)c([N+](=O)[O-])c1. The minimum Gasteiger partial charge on any atom is -0.430 e. The number of rotatable bonds is 4. The van der Waals surface area contributed by atoms with Crippen LogP contribution in [0.4, 0.5) is 11.5 Å². The van der Waals surface area contributed by atoms with Crippen molar-refractivity contribution in [2.75, 3.05) is 5.73 Å². The Bertz CT molecular complexity index is 598. The summed E-state index contributed by atoms with van der Waals surface area (Å²) in [5.74, 6) is 0.533. The third kappa shape index (κ3) is 2.95. The van der Waals surface area contributed by atoms with E-state index in [4.69, 9.17) is 10.5 Å². The van der Waals surface area contributed by atoms with Gasteiger partial charge in [-0.25, -0.2) is 0 Å². The number of hydrogen-bond acceptors (Lipinski definition) is 6. The van der Waals surface area contributed by atoms with E-state index in [1.54, 1.807) is 12.1 Å². The summed E-state index contributed by atoms with van der Waals surface area (Å²) in [6.07, 6.45) is 0.711. The van der Waals surface area contributed by atoms with Crippen LogP contribution < -0.4 is 10.5 Å². The van der Waals surface area contributed by atoms with E-state index in [9.17, 15) is 10.1 Å². The first-order valence-electron chi connectivity index (χ1n) is 5.64. The maximum atomic E-state index is 11.0. The lowest BCUT2D eigenvalue weighted by Crippen LogP contribution is -1.98. The second kappa shape index (κ2) is 5.30. The molecule has 0 atom stereocenters. The summed E-state index contributed by atoms with van der Waals surface area (Å²) in [7, 11) is 0. The van der Waals surface area contributed by atoms with E-state index in [-0.39, 0.29) is 23.1 Å². The van der Waals surface area contributed by atoms with Gasteiger partial charge in [-0.1, -0.05) is 13.0 Å². The highest BCUT2D eigenvalue weighted by molar-refractivity contribution is 5.50. The van der Waals surface area contributed by atoms with Crippen LogP contribution in [0.25, 0.3) is 0 Å². The van der Waals surface area contributed by atoms with Crippen molar-refractivity contribution in [3.8, 4) is 11.6 Å². The number of nitro benzene ring substituents is 1. The monoisotopic (exact) mass is 260 g/mol. The largest absolute Gasteiger partial charge is 0.430 e. The number of nitrogens with two attached hydrogens (primary N) is 1. The van der Waals surface area contributed by atoms with E-state index >= 15 is 0 Å². The number of nitro groups is 1. The fourth-order valence-electron chi connectivity index (χ4n) is 1.51. The molecule has 2 N–H and O–H groups in total. The van der Waals surface area contributed by atoms with E-state index in [0.717, 1.165) is 5.56 Å². The molecule has 0 spiro atoms. The number of anilines is 1.